The second-order valence-electron chi connectivity index (χ2n) is 13.1. The minimum atomic E-state index is -0.659. The highest BCUT2D eigenvalue weighted by molar-refractivity contribution is 5.77. The Morgan fingerprint density at radius 1 is 1.27 bits per heavy atom. The molecule has 7 N–H and O–H groups in total. The maximum absolute atomic E-state index is 12.4. The number of esters is 1. The summed E-state index contributed by atoms with van der Waals surface area (Å²) >= 11 is 0. The standard InChI is InChI=1S/C34H53N5O5/c1-5-33(21-38-32(35)37-4)14-10-25-7-6-13-34(22-36-3)20-27(12-16-39-34)44-31-18-24(8-9-29(31)42)17-28(25)30(43-23(2)40)19-26(41)11-15-33/h8-9,18,25-28,30,36,39,41-42H,5-7,11-13,15-17,19-22H2,1-4H3,(H3,35,37,38)/t25-,26+,27-,28-,30+,33+,34-/m1/s1. The van der Waals surface area contributed by atoms with Crippen molar-refractivity contribution in [2.24, 2.45) is 28.0 Å². The molecule has 10 heteroatoms. The van der Waals surface area contributed by atoms with E-state index in [1.807, 2.05) is 19.2 Å². The van der Waals surface area contributed by atoms with Crippen molar-refractivity contribution in [2.75, 3.05) is 33.7 Å². The van der Waals surface area contributed by atoms with Crippen molar-refractivity contribution < 1.29 is 24.5 Å². The van der Waals surface area contributed by atoms with E-state index in [9.17, 15) is 15.0 Å². The van der Waals surface area contributed by atoms with Crippen LogP contribution in [-0.2, 0) is 16.0 Å². The molecule has 0 saturated carbocycles. The molecular weight excluding hydrogens is 558 g/mol. The lowest BCUT2D eigenvalue weighted by atomic mass is 9.73. The van der Waals surface area contributed by atoms with Gasteiger partial charge in [0.25, 0.3) is 0 Å². The summed E-state index contributed by atoms with van der Waals surface area (Å²) in [5, 5.41) is 32.5. The van der Waals surface area contributed by atoms with Gasteiger partial charge in [-0.3, -0.25) is 9.79 Å². The lowest BCUT2D eigenvalue weighted by Crippen LogP contribution is -2.58. The third-order valence-electron chi connectivity index (χ3n) is 9.88. The topological polar surface area (TPSA) is 150 Å². The molecule has 1 aromatic rings. The number of aromatic hydroxyl groups is 1. The molecule has 0 unspecified atom stereocenters. The third-order valence-corrected chi connectivity index (χ3v) is 9.88. The molecule has 0 amide bonds. The molecule has 3 aliphatic rings. The Balaban J connectivity index is 1.81. The van der Waals surface area contributed by atoms with Crippen LogP contribution < -0.4 is 26.4 Å². The molecule has 0 aromatic heterocycles. The minimum absolute atomic E-state index is 0.0206. The smallest absolute Gasteiger partial charge is 0.302 e. The number of phenolic OH excluding ortho intramolecular Hbond substituents is 1. The van der Waals surface area contributed by atoms with Gasteiger partial charge < -0.3 is 41.4 Å². The number of ether oxygens (including phenoxy) is 2. The van der Waals surface area contributed by atoms with E-state index in [4.69, 9.17) is 15.2 Å². The summed E-state index contributed by atoms with van der Waals surface area (Å²) in [6.07, 6.45) is 6.06. The summed E-state index contributed by atoms with van der Waals surface area (Å²) in [6, 6.07) is 5.52. The number of fused-ring (bicyclic) bond motifs is 5. The van der Waals surface area contributed by atoms with Gasteiger partial charge in [0.05, 0.1) is 6.10 Å². The van der Waals surface area contributed by atoms with Crippen LogP contribution in [0, 0.1) is 29.1 Å². The molecule has 4 rings (SSSR count). The summed E-state index contributed by atoms with van der Waals surface area (Å²) < 4.78 is 12.5. The summed E-state index contributed by atoms with van der Waals surface area (Å²) in [7, 11) is 3.63. The predicted octanol–water partition coefficient (Wildman–Crippen LogP) is 2.85. The zero-order valence-corrected chi connectivity index (χ0v) is 27.0. The van der Waals surface area contributed by atoms with Crippen molar-refractivity contribution >= 4 is 11.9 Å². The van der Waals surface area contributed by atoms with Crippen LogP contribution >= 0.6 is 0 Å². The molecule has 4 bridgehead atoms. The van der Waals surface area contributed by atoms with Gasteiger partial charge in [-0.05, 0) is 76.2 Å². The van der Waals surface area contributed by atoms with Crippen LogP contribution in [0.25, 0.3) is 0 Å². The molecule has 1 aliphatic carbocycles. The normalized spacial score (nSPS) is 33.0. The van der Waals surface area contributed by atoms with Crippen LogP contribution in [0.1, 0.15) is 77.2 Å². The van der Waals surface area contributed by atoms with Crippen LogP contribution in [0.5, 0.6) is 11.5 Å². The first-order chi connectivity index (χ1) is 21.1. The molecular formula is C34H53N5O5. The van der Waals surface area contributed by atoms with Gasteiger partial charge in [0, 0.05) is 62.7 Å². The molecule has 44 heavy (non-hydrogen) atoms. The van der Waals surface area contributed by atoms with E-state index in [0.29, 0.717) is 43.9 Å². The second-order valence-corrected chi connectivity index (χ2v) is 13.1. The highest BCUT2D eigenvalue weighted by atomic mass is 16.5. The summed E-state index contributed by atoms with van der Waals surface area (Å²) in [5.41, 5.74) is 6.43. The fourth-order valence-electron chi connectivity index (χ4n) is 7.30. The quantitative estimate of drug-likeness (QED) is 0.124. The number of rotatable bonds is 6. The first kappa shape index (κ1) is 33.9. The predicted molar refractivity (Wildman–Crippen MR) is 172 cm³/mol. The van der Waals surface area contributed by atoms with E-state index < -0.39 is 17.6 Å². The maximum atomic E-state index is 12.4. The number of aliphatic hydroxyl groups is 1. The number of carbonyl (C=O) groups is 1. The number of benzene rings is 1. The number of hydrogen-bond acceptors (Lipinski definition) is 8. The molecule has 10 nitrogen and oxygen atoms in total. The van der Waals surface area contributed by atoms with Crippen molar-refractivity contribution in [1.29, 1.82) is 0 Å². The molecule has 1 fully saturated rings. The van der Waals surface area contributed by atoms with Gasteiger partial charge in [0.15, 0.2) is 17.5 Å². The third kappa shape index (κ3) is 8.80. The summed E-state index contributed by atoms with van der Waals surface area (Å²) in [4.78, 5) is 16.5. The zero-order valence-electron chi connectivity index (χ0n) is 27.0. The molecule has 2 heterocycles. The van der Waals surface area contributed by atoms with Crippen LogP contribution in [0.15, 0.2) is 23.2 Å². The average Bonchev–Trinajstić information content (AvgIpc) is 2.99. The van der Waals surface area contributed by atoms with Gasteiger partial charge in [0.2, 0.25) is 0 Å². The highest BCUT2D eigenvalue weighted by Gasteiger charge is 2.39. The van der Waals surface area contributed by atoms with E-state index in [2.05, 4.69) is 39.7 Å². The van der Waals surface area contributed by atoms with Crippen molar-refractivity contribution in [2.45, 2.75) is 102 Å². The van der Waals surface area contributed by atoms with Crippen molar-refractivity contribution in [1.82, 2.24) is 16.0 Å². The van der Waals surface area contributed by atoms with E-state index in [1.165, 1.54) is 6.92 Å². The van der Waals surface area contributed by atoms with E-state index in [-0.39, 0.29) is 35.2 Å². The minimum Gasteiger partial charge on any atom is -0.504 e. The van der Waals surface area contributed by atoms with Crippen LogP contribution in [-0.4, -0.2) is 79.7 Å². The largest absolute Gasteiger partial charge is 0.504 e. The average molecular weight is 612 g/mol. The van der Waals surface area contributed by atoms with Crippen LogP contribution in [0.2, 0.25) is 0 Å². The Morgan fingerprint density at radius 2 is 2.09 bits per heavy atom. The lowest BCUT2D eigenvalue weighted by molar-refractivity contribution is -0.152. The van der Waals surface area contributed by atoms with Gasteiger partial charge in [-0.1, -0.05) is 31.3 Å². The van der Waals surface area contributed by atoms with E-state index >= 15 is 0 Å². The number of guanidine groups is 1. The summed E-state index contributed by atoms with van der Waals surface area (Å²) in [5.74, 6) is 7.72. The van der Waals surface area contributed by atoms with Gasteiger partial charge in [-0.25, -0.2) is 0 Å². The number of nitrogens with two attached hydrogens (primary N) is 1. The Kier molecular flexibility index (Phi) is 11.8. The molecule has 0 spiro atoms. The highest BCUT2D eigenvalue weighted by Crippen LogP contribution is 2.39. The van der Waals surface area contributed by atoms with Gasteiger partial charge in [0.1, 0.15) is 12.2 Å². The molecule has 1 aromatic carbocycles. The Labute approximate surface area is 262 Å². The Bertz CT molecular complexity index is 1210. The molecule has 0 radical (unpaired) electrons. The number of nitrogens with one attached hydrogen (secondary N) is 3. The number of phenols is 1. The number of piperidine rings is 1. The molecule has 1 saturated heterocycles. The second kappa shape index (κ2) is 15.3. The van der Waals surface area contributed by atoms with Crippen molar-refractivity contribution in [3.63, 3.8) is 0 Å². The zero-order chi connectivity index (χ0) is 31.7. The summed E-state index contributed by atoms with van der Waals surface area (Å²) in [6.45, 7) is 5.72. The number of nitrogens with zero attached hydrogens (tertiary/aromatic N) is 1. The maximum Gasteiger partial charge on any atom is 0.302 e. The molecule has 244 valence electrons. The first-order valence-corrected chi connectivity index (χ1v) is 16.3. The number of aliphatic imine (C=N–C) groups is 1. The van der Waals surface area contributed by atoms with E-state index in [0.717, 1.165) is 57.2 Å². The molecule has 2 aliphatic heterocycles. The number of hydrogen-bond donors (Lipinski definition) is 6. The lowest BCUT2D eigenvalue weighted by Gasteiger charge is -2.42. The SMILES string of the molecule is CC[C@]1(CNC(N)=NC)C#C[C@H]2CCC[C@]3(CNC)C[C@@H](CCN3)Oc3cc(ccc3O)C[C@H]2[C@@H](OC(C)=O)C[C@@H](O)CC1. The first-order valence-electron chi connectivity index (χ1n) is 16.3. The van der Waals surface area contributed by atoms with Crippen molar-refractivity contribution in [3.05, 3.63) is 23.8 Å². The number of likely N-dealkylation sites (N-methyl/N-ethyl adjacent to an activating group) is 1. The van der Waals surface area contributed by atoms with Crippen LogP contribution in [0.3, 0.4) is 0 Å². The van der Waals surface area contributed by atoms with Crippen molar-refractivity contribution in [3.8, 4) is 23.3 Å². The monoisotopic (exact) mass is 611 g/mol. The van der Waals surface area contributed by atoms with Gasteiger partial charge >= 0.3 is 5.97 Å². The van der Waals surface area contributed by atoms with Crippen LogP contribution in [0.4, 0.5) is 0 Å². The fourth-order valence-corrected chi connectivity index (χ4v) is 7.30. The number of carbonyl (C=O) groups excluding carboxylic acids is 1. The van der Waals surface area contributed by atoms with E-state index in [1.54, 1.807) is 13.1 Å². The number of aliphatic hydroxyl groups excluding tert-OH is 1. The van der Waals surface area contributed by atoms with Gasteiger partial charge in [-0.2, -0.15) is 0 Å². The Hall–Kier alpha value is -3.00. The fraction of sp³-hybridized carbons (Fsp3) is 0.706. The Morgan fingerprint density at radius 3 is 2.82 bits per heavy atom. The molecule has 7 atom stereocenters. The van der Waals surface area contributed by atoms with Gasteiger partial charge in [-0.15, -0.1) is 0 Å².